The van der Waals surface area contributed by atoms with Crippen molar-refractivity contribution in [2.24, 2.45) is 11.1 Å². The molecule has 0 atom stereocenters. The number of Topliss-reactive ketones (excluding diaryl/α,β-unsaturated/α-hetero) is 1. The molecule has 2 N–H and O–H groups in total. The number of ketones is 1. The summed E-state index contributed by atoms with van der Waals surface area (Å²) in [5.41, 5.74) is 4.64. The van der Waals surface area contributed by atoms with Crippen molar-refractivity contribution in [2.45, 2.75) is 40.0 Å². The molecule has 0 spiro atoms. The van der Waals surface area contributed by atoms with Crippen LogP contribution in [0.15, 0.2) is 0 Å². The summed E-state index contributed by atoms with van der Waals surface area (Å²) in [6, 6.07) is 0. The first-order chi connectivity index (χ1) is 5.34. The van der Waals surface area contributed by atoms with Crippen LogP contribution in [0.4, 0.5) is 0 Å². The van der Waals surface area contributed by atoms with Gasteiger partial charge in [0, 0.05) is 18.3 Å². The lowest BCUT2D eigenvalue weighted by Gasteiger charge is -2.15. The predicted octanol–water partition coefficient (Wildman–Crippen LogP) is 1.26. The second-order valence-electron chi connectivity index (χ2n) is 3.99. The fourth-order valence-electron chi connectivity index (χ4n) is 0.798. The Labute approximate surface area is 73.3 Å². The Morgan fingerprint density at radius 2 is 1.67 bits per heavy atom. The molecule has 0 bridgehead atoms. The van der Waals surface area contributed by atoms with Gasteiger partial charge in [0.15, 0.2) is 0 Å². The van der Waals surface area contributed by atoms with E-state index >= 15 is 0 Å². The van der Waals surface area contributed by atoms with Gasteiger partial charge in [0.05, 0.1) is 0 Å². The number of nitrogens with two attached hydrogens (primary N) is 1. The summed E-state index contributed by atoms with van der Waals surface area (Å²) in [7, 11) is 0. The molecule has 70 valence electrons. The van der Waals surface area contributed by atoms with Crippen molar-refractivity contribution in [3.8, 4) is 0 Å². The molecule has 1 amide bonds. The van der Waals surface area contributed by atoms with Crippen LogP contribution in [0, 0.1) is 5.41 Å². The van der Waals surface area contributed by atoms with Crippen molar-refractivity contribution in [1.29, 1.82) is 0 Å². The van der Waals surface area contributed by atoms with Crippen molar-refractivity contribution < 1.29 is 9.59 Å². The first kappa shape index (κ1) is 11.1. The van der Waals surface area contributed by atoms with Gasteiger partial charge < -0.3 is 5.73 Å². The molecule has 3 heteroatoms. The van der Waals surface area contributed by atoms with E-state index in [0.717, 1.165) is 0 Å². The molecule has 0 fully saturated rings. The van der Waals surface area contributed by atoms with Crippen molar-refractivity contribution >= 4 is 11.7 Å². The highest BCUT2D eigenvalue weighted by Crippen LogP contribution is 2.17. The summed E-state index contributed by atoms with van der Waals surface area (Å²) < 4.78 is 0. The second kappa shape index (κ2) is 4.24. The second-order valence-corrected chi connectivity index (χ2v) is 3.99. The van der Waals surface area contributed by atoms with Crippen molar-refractivity contribution in [3.05, 3.63) is 0 Å². The van der Waals surface area contributed by atoms with Crippen LogP contribution >= 0.6 is 0 Å². The summed E-state index contributed by atoms with van der Waals surface area (Å²) >= 11 is 0. The van der Waals surface area contributed by atoms with E-state index < -0.39 is 0 Å². The Morgan fingerprint density at radius 1 is 1.17 bits per heavy atom. The van der Waals surface area contributed by atoms with E-state index in [-0.39, 0.29) is 17.1 Å². The third kappa shape index (κ3) is 4.88. The van der Waals surface area contributed by atoms with Crippen molar-refractivity contribution in [2.75, 3.05) is 0 Å². The maximum atomic E-state index is 11.3. The van der Waals surface area contributed by atoms with Crippen LogP contribution in [-0.2, 0) is 9.59 Å². The predicted molar refractivity (Wildman–Crippen MR) is 47.5 cm³/mol. The SMILES string of the molecule is CC(C)(C)C(=O)CCCC(N)=O. The standard InChI is InChI=1S/C9H17NO2/c1-9(2,3)7(11)5-4-6-8(10)12/h4-6H2,1-3H3,(H2,10,12). The highest BCUT2D eigenvalue weighted by atomic mass is 16.1. The van der Waals surface area contributed by atoms with Crippen molar-refractivity contribution in [1.82, 2.24) is 0 Å². The van der Waals surface area contributed by atoms with Gasteiger partial charge in [-0.15, -0.1) is 0 Å². The molecule has 0 aliphatic rings. The quantitative estimate of drug-likeness (QED) is 0.692. The molecular weight excluding hydrogens is 154 g/mol. The molecule has 0 aromatic rings. The molecule has 12 heavy (non-hydrogen) atoms. The molecule has 0 aliphatic heterocycles. The third-order valence-corrected chi connectivity index (χ3v) is 1.66. The van der Waals surface area contributed by atoms with Crippen LogP contribution in [0.25, 0.3) is 0 Å². The van der Waals surface area contributed by atoms with Crippen LogP contribution in [-0.4, -0.2) is 11.7 Å². The molecule has 0 aliphatic carbocycles. The molecule has 0 radical (unpaired) electrons. The zero-order chi connectivity index (χ0) is 9.78. The zero-order valence-electron chi connectivity index (χ0n) is 8.02. The summed E-state index contributed by atoms with van der Waals surface area (Å²) in [4.78, 5) is 21.6. The van der Waals surface area contributed by atoms with Gasteiger partial charge in [0.1, 0.15) is 5.78 Å². The molecule has 0 unspecified atom stereocenters. The summed E-state index contributed by atoms with van der Waals surface area (Å²) in [6.45, 7) is 5.62. The lowest BCUT2D eigenvalue weighted by Crippen LogP contribution is -2.20. The lowest BCUT2D eigenvalue weighted by atomic mass is 9.88. The van der Waals surface area contributed by atoms with Crippen molar-refractivity contribution in [3.63, 3.8) is 0 Å². The first-order valence-corrected chi connectivity index (χ1v) is 4.15. The van der Waals surface area contributed by atoms with Crippen LogP contribution in [0.2, 0.25) is 0 Å². The van der Waals surface area contributed by atoms with E-state index in [1.807, 2.05) is 20.8 Å². The Balaban J connectivity index is 3.66. The maximum absolute atomic E-state index is 11.3. The van der Waals surface area contributed by atoms with Crippen LogP contribution in [0.1, 0.15) is 40.0 Å². The zero-order valence-corrected chi connectivity index (χ0v) is 8.02. The third-order valence-electron chi connectivity index (χ3n) is 1.66. The summed E-state index contributed by atoms with van der Waals surface area (Å²) in [5, 5.41) is 0. The van der Waals surface area contributed by atoms with Crippen LogP contribution < -0.4 is 5.73 Å². The highest BCUT2D eigenvalue weighted by Gasteiger charge is 2.20. The molecule has 0 saturated heterocycles. The molecule has 0 rings (SSSR count). The van der Waals surface area contributed by atoms with E-state index in [9.17, 15) is 9.59 Å². The maximum Gasteiger partial charge on any atom is 0.217 e. The van der Waals surface area contributed by atoms with Gasteiger partial charge in [0.25, 0.3) is 0 Å². The number of rotatable bonds is 4. The average molecular weight is 171 g/mol. The molecule has 0 aromatic heterocycles. The monoisotopic (exact) mass is 171 g/mol. The van der Waals surface area contributed by atoms with Gasteiger partial charge in [0.2, 0.25) is 5.91 Å². The van der Waals surface area contributed by atoms with Gasteiger partial charge >= 0.3 is 0 Å². The highest BCUT2D eigenvalue weighted by molar-refractivity contribution is 5.84. The first-order valence-electron chi connectivity index (χ1n) is 4.15. The molecular formula is C9H17NO2. The Hall–Kier alpha value is -0.860. The number of carbonyl (C=O) groups excluding carboxylic acids is 2. The van der Waals surface area contributed by atoms with Gasteiger partial charge in [-0.3, -0.25) is 9.59 Å². The molecule has 0 heterocycles. The smallest absolute Gasteiger partial charge is 0.217 e. The minimum atomic E-state index is -0.336. The Morgan fingerprint density at radius 3 is 2.00 bits per heavy atom. The number of carbonyl (C=O) groups is 2. The van der Waals surface area contributed by atoms with E-state index in [0.29, 0.717) is 19.3 Å². The normalized spacial score (nSPS) is 11.2. The number of hydrogen-bond acceptors (Lipinski definition) is 2. The minimum Gasteiger partial charge on any atom is -0.370 e. The lowest BCUT2D eigenvalue weighted by molar-refractivity contribution is -0.126. The Kier molecular flexibility index (Phi) is 3.93. The number of amides is 1. The van der Waals surface area contributed by atoms with Crippen LogP contribution in [0.3, 0.4) is 0 Å². The Bertz CT molecular complexity index is 179. The summed E-state index contributed by atoms with van der Waals surface area (Å²) in [5.74, 6) is -0.152. The average Bonchev–Trinajstić information content (AvgIpc) is 1.84. The largest absolute Gasteiger partial charge is 0.370 e. The van der Waals surface area contributed by atoms with E-state index in [1.54, 1.807) is 0 Å². The van der Waals surface area contributed by atoms with Gasteiger partial charge in [-0.25, -0.2) is 0 Å². The molecule has 0 aromatic carbocycles. The minimum absolute atomic E-state index is 0.184. The topological polar surface area (TPSA) is 60.2 Å². The van der Waals surface area contributed by atoms with E-state index in [4.69, 9.17) is 5.73 Å². The van der Waals surface area contributed by atoms with Gasteiger partial charge in [-0.05, 0) is 6.42 Å². The van der Waals surface area contributed by atoms with Crippen LogP contribution in [0.5, 0.6) is 0 Å². The molecule has 0 saturated carbocycles. The number of primary amides is 1. The van der Waals surface area contributed by atoms with Gasteiger partial charge in [-0.1, -0.05) is 20.8 Å². The van der Waals surface area contributed by atoms with Gasteiger partial charge in [-0.2, -0.15) is 0 Å². The fraction of sp³-hybridized carbons (Fsp3) is 0.778. The molecule has 3 nitrogen and oxygen atoms in total. The van der Waals surface area contributed by atoms with E-state index in [1.165, 1.54) is 0 Å². The van der Waals surface area contributed by atoms with E-state index in [2.05, 4.69) is 0 Å². The number of hydrogen-bond donors (Lipinski definition) is 1. The summed E-state index contributed by atoms with van der Waals surface area (Å²) in [6.07, 6.45) is 1.33. The fourth-order valence-corrected chi connectivity index (χ4v) is 0.798.